The van der Waals surface area contributed by atoms with E-state index in [1.54, 1.807) is 24.3 Å². The topological polar surface area (TPSA) is 62.1 Å². The van der Waals surface area contributed by atoms with Crippen molar-refractivity contribution in [3.05, 3.63) is 95.9 Å². The molecule has 0 atom stereocenters. The highest BCUT2D eigenvalue weighted by molar-refractivity contribution is 14.1. The van der Waals surface area contributed by atoms with Gasteiger partial charge in [-0.2, -0.15) is 5.26 Å². The number of aryl methyl sites for hydroxylation is 1. The molecule has 0 spiro atoms. The van der Waals surface area contributed by atoms with E-state index in [0.717, 1.165) is 23.8 Å². The van der Waals surface area contributed by atoms with Crippen molar-refractivity contribution in [3.63, 3.8) is 0 Å². The lowest BCUT2D eigenvalue weighted by Crippen LogP contribution is -2.13. The average molecular weight is 638 g/mol. The molecule has 3 aromatic carbocycles. The molecular weight excluding hydrogens is 621 g/mol. The Kier molecular flexibility index (Phi) is 8.03. The molecule has 0 heterocycles. The summed E-state index contributed by atoms with van der Waals surface area (Å²) in [7, 11) is 0. The monoisotopic (exact) mass is 638 g/mol. The van der Waals surface area contributed by atoms with Gasteiger partial charge in [-0.25, -0.2) is 4.39 Å². The van der Waals surface area contributed by atoms with Gasteiger partial charge in [-0.3, -0.25) is 4.79 Å². The van der Waals surface area contributed by atoms with Gasteiger partial charge in [-0.1, -0.05) is 24.3 Å². The fourth-order valence-corrected chi connectivity index (χ4v) is 4.90. The summed E-state index contributed by atoms with van der Waals surface area (Å²) in [6.45, 7) is 2.24. The van der Waals surface area contributed by atoms with Crippen LogP contribution in [-0.4, -0.2) is 5.91 Å². The molecule has 4 nitrogen and oxygen atoms in total. The van der Waals surface area contributed by atoms with Crippen LogP contribution in [0.3, 0.4) is 0 Å². The van der Waals surface area contributed by atoms with E-state index >= 15 is 0 Å². The van der Waals surface area contributed by atoms with Crippen molar-refractivity contribution in [2.75, 3.05) is 5.32 Å². The number of halogens is 3. The van der Waals surface area contributed by atoms with Gasteiger partial charge < -0.3 is 10.1 Å². The highest BCUT2D eigenvalue weighted by Crippen LogP contribution is 2.30. The predicted molar refractivity (Wildman–Crippen MR) is 136 cm³/mol. The molecule has 0 unspecified atom stereocenters. The third kappa shape index (κ3) is 6.51. The third-order valence-electron chi connectivity index (χ3n) is 4.27. The Morgan fingerprint density at radius 1 is 1.13 bits per heavy atom. The van der Waals surface area contributed by atoms with Crippen molar-refractivity contribution in [2.24, 2.45) is 0 Å². The van der Waals surface area contributed by atoms with Crippen LogP contribution in [0.5, 0.6) is 5.75 Å². The molecule has 0 saturated heterocycles. The molecule has 7 heteroatoms. The summed E-state index contributed by atoms with van der Waals surface area (Å²) in [6.07, 6.45) is 1.55. The Bertz CT molecular complexity index is 1160. The molecule has 156 valence electrons. The van der Waals surface area contributed by atoms with Crippen LogP contribution in [0.15, 0.2) is 66.2 Å². The van der Waals surface area contributed by atoms with Gasteiger partial charge in [0.25, 0.3) is 5.91 Å². The lowest BCUT2D eigenvalue weighted by Gasteiger charge is -2.12. The van der Waals surface area contributed by atoms with E-state index in [2.05, 4.69) is 50.5 Å². The molecule has 3 aromatic rings. The van der Waals surface area contributed by atoms with Gasteiger partial charge in [0.15, 0.2) is 0 Å². The fraction of sp³-hybridized carbons (Fsp3) is 0.0833. The molecule has 0 aliphatic rings. The average Bonchev–Trinajstić information content (AvgIpc) is 2.72. The number of anilines is 1. The van der Waals surface area contributed by atoms with E-state index in [0.29, 0.717) is 18.0 Å². The number of hydrogen-bond donors (Lipinski definition) is 1. The summed E-state index contributed by atoms with van der Waals surface area (Å²) in [5.74, 6) is -0.0519. The smallest absolute Gasteiger partial charge is 0.266 e. The van der Waals surface area contributed by atoms with Crippen LogP contribution >= 0.6 is 45.2 Å². The number of ether oxygens (including phenoxy) is 1. The van der Waals surface area contributed by atoms with Crippen LogP contribution in [0.25, 0.3) is 6.08 Å². The van der Waals surface area contributed by atoms with Gasteiger partial charge in [-0.05, 0) is 111 Å². The van der Waals surface area contributed by atoms with Gasteiger partial charge in [0.1, 0.15) is 29.8 Å². The number of amides is 1. The minimum atomic E-state index is -0.463. The zero-order chi connectivity index (χ0) is 22.4. The summed E-state index contributed by atoms with van der Waals surface area (Å²) < 4.78 is 20.7. The molecular formula is C24H17FI2N2O2. The number of hydrogen-bond acceptors (Lipinski definition) is 3. The predicted octanol–water partition coefficient (Wildman–Crippen LogP) is 6.47. The maximum Gasteiger partial charge on any atom is 0.266 e. The van der Waals surface area contributed by atoms with Crippen LogP contribution < -0.4 is 10.1 Å². The Hall–Kier alpha value is -2.45. The van der Waals surface area contributed by atoms with Crippen LogP contribution in [0.1, 0.15) is 16.7 Å². The highest BCUT2D eigenvalue weighted by atomic mass is 127. The van der Waals surface area contributed by atoms with Gasteiger partial charge in [-0.15, -0.1) is 0 Å². The summed E-state index contributed by atoms with van der Waals surface area (Å²) in [5.41, 5.74) is 3.24. The van der Waals surface area contributed by atoms with E-state index in [1.807, 2.05) is 43.3 Å². The first-order valence-corrected chi connectivity index (χ1v) is 11.4. The Morgan fingerprint density at radius 3 is 2.42 bits per heavy atom. The maximum absolute atomic E-state index is 13.1. The molecule has 31 heavy (non-hydrogen) atoms. The van der Waals surface area contributed by atoms with Crippen molar-refractivity contribution in [1.82, 2.24) is 0 Å². The minimum absolute atomic E-state index is 0.00749. The van der Waals surface area contributed by atoms with E-state index in [1.165, 1.54) is 12.1 Å². The molecule has 0 aliphatic carbocycles. The fourth-order valence-electron chi connectivity index (χ4n) is 2.77. The van der Waals surface area contributed by atoms with Crippen molar-refractivity contribution in [3.8, 4) is 11.8 Å². The van der Waals surface area contributed by atoms with Gasteiger partial charge in [0.2, 0.25) is 0 Å². The zero-order valence-corrected chi connectivity index (χ0v) is 20.8. The van der Waals surface area contributed by atoms with Gasteiger partial charge in [0.05, 0.1) is 7.14 Å². The molecule has 0 aromatic heterocycles. The first-order valence-electron chi connectivity index (χ1n) is 9.22. The Labute approximate surface area is 207 Å². The molecule has 0 fully saturated rings. The van der Waals surface area contributed by atoms with Gasteiger partial charge >= 0.3 is 0 Å². The second kappa shape index (κ2) is 10.7. The molecule has 3 rings (SSSR count). The lowest BCUT2D eigenvalue weighted by atomic mass is 10.1. The Morgan fingerprint density at radius 2 is 1.81 bits per heavy atom. The molecule has 0 radical (unpaired) electrons. The van der Waals surface area contributed by atoms with Crippen molar-refractivity contribution < 1.29 is 13.9 Å². The van der Waals surface area contributed by atoms with Crippen LogP contribution in [0.2, 0.25) is 0 Å². The molecule has 0 saturated carbocycles. The number of nitriles is 1. The van der Waals surface area contributed by atoms with Crippen LogP contribution in [-0.2, 0) is 11.4 Å². The minimum Gasteiger partial charge on any atom is -0.487 e. The number of carbonyl (C=O) groups excluding carboxylic acids is 1. The van der Waals surface area contributed by atoms with Crippen LogP contribution in [0.4, 0.5) is 10.1 Å². The maximum atomic E-state index is 13.1. The van der Waals surface area contributed by atoms with Crippen LogP contribution in [0, 0.1) is 31.2 Å². The standard InChI is InChI=1S/C24H17FI2N2O2/c1-15-3-2-4-20(9-15)29-24(30)18(13-28)10-17-11-21(26)23(22(27)12-17)31-14-16-5-7-19(25)8-6-16/h2-12H,14H2,1H3,(H,29,30)/b18-10-. The summed E-state index contributed by atoms with van der Waals surface area (Å²) >= 11 is 4.31. The zero-order valence-electron chi connectivity index (χ0n) is 16.5. The SMILES string of the molecule is Cc1cccc(NC(=O)/C(C#N)=C\c2cc(I)c(OCc3ccc(F)cc3)c(I)c2)c1. The number of nitrogens with zero attached hydrogens (tertiary/aromatic N) is 1. The second-order valence-corrected chi connectivity index (χ2v) is 9.05. The molecule has 1 N–H and O–H groups in total. The normalized spacial score (nSPS) is 11.0. The van der Waals surface area contributed by atoms with E-state index in [-0.39, 0.29) is 11.4 Å². The number of rotatable bonds is 6. The van der Waals surface area contributed by atoms with E-state index in [9.17, 15) is 14.4 Å². The highest BCUT2D eigenvalue weighted by Gasteiger charge is 2.13. The largest absolute Gasteiger partial charge is 0.487 e. The number of carbonyl (C=O) groups is 1. The Balaban J connectivity index is 1.76. The molecule has 1 amide bonds. The lowest BCUT2D eigenvalue weighted by molar-refractivity contribution is -0.112. The first-order chi connectivity index (χ1) is 14.9. The molecule has 0 aliphatic heterocycles. The third-order valence-corrected chi connectivity index (χ3v) is 5.87. The van der Waals surface area contributed by atoms with Gasteiger partial charge in [0, 0.05) is 5.69 Å². The van der Waals surface area contributed by atoms with Crippen molar-refractivity contribution in [2.45, 2.75) is 13.5 Å². The summed E-state index contributed by atoms with van der Waals surface area (Å²) in [4.78, 5) is 12.5. The second-order valence-electron chi connectivity index (χ2n) is 6.72. The quantitative estimate of drug-likeness (QED) is 0.192. The molecule has 0 bridgehead atoms. The van der Waals surface area contributed by atoms with Crippen molar-refractivity contribution in [1.29, 1.82) is 5.26 Å². The van der Waals surface area contributed by atoms with E-state index < -0.39 is 5.91 Å². The first kappa shape index (κ1) is 23.2. The number of benzene rings is 3. The van der Waals surface area contributed by atoms with Crippen molar-refractivity contribution >= 4 is 62.9 Å². The summed E-state index contributed by atoms with van der Waals surface area (Å²) in [5, 5.41) is 12.2. The number of nitrogens with one attached hydrogen (secondary N) is 1. The summed E-state index contributed by atoms with van der Waals surface area (Å²) in [6, 6.07) is 19.2. The van der Waals surface area contributed by atoms with E-state index in [4.69, 9.17) is 4.74 Å².